The molecule has 0 saturated heterocycles. The molecule has 1 nitrogen and oxygen atoms in total. The Kier molecular flexibility index (Phi) is 3.29. The topological polar surface area (TPSA) is 13.1 Å². The Labute approximate surface area is 73.5 Å². The van der Waals surface area contributed by atoms with E-state index in [1.807, 2.05) is 6.07 Å². The molecule has 1 aromatic heterocycles. The van der Waals surface area contributed by atoms with Crippen LogP contribution in [0.4, 0.5) is 0 Å². The van der Waals surface area contributed by atoms with Crippen LogP contribution in [-0.2, 0) is 6.42 Å². The first kappa shape index (κ1) is 8.15. The molecule has 10 heavy (non-hydrogen) atoms. The van der Waals surface area contributed by atoms with E-state index < -0.39 is 0 Å². The zero-order chi connectivity index (χ0) is 7.40. The third-order valence-corrected chi connectivity index (χ3v) is 2.20. The van der Waals surface area contributed by atoms with Gasteiger partial charge in [-0.05, 0) is 28.4 Å². The second-order valence-corrected chi connectivity index (χ2v) is 3.22. The summed E-state index contributed by atoms with van der Waals surface area (Å²) >= 11 is 8.87. The fourth-order valence-corrected chi connectivity index (χ4v) is 1.26. The lowest BCUT2D eigenvalue weighted by Gasteiger charge is -1.92. The predicted octanol–water partition coefficient (Wildman–Crippen LogP) is 3.21. The second kappa shape index (κ2) is 4.04. The minimum Gasteiger partial charge on any atom is -0.468 e. The van der Waals surface area contributed by atoms with Gasteiger partial charge in [0.15, 0.2) is 0 Å². The normalized spacial score (nSPS) is 10.2. The summed E-state index contributed by atoms with van der Waals surface area (Å²) in [6, 6.07) is 1.89. The van der Waals surface area contributed by atoms with E-state index in [9.17, 15) is 0 Å². The molecule has 0 fully saturated rings. The summed E-state index contributed by atoms with van der Waals surface area (Å²) in [4.78, 5) is 0. The third-order valence-electron chi connectivity index (χ3n) is 1.23. The molecule has 0 aliphatic heterocycles. The van der Waals surface area contributed by atoms with Gasteiger partial charge in [-0.15, -0.1) is 11.6 Å². The molecule has 0 aliphatic carbocycles. The molecule has 0 unspecified atom stereocenters. The van der Waals surface area contributed by atoms with Crippen molar-refractivity contribution in [3.05, 3.63) is 22.6 Å². The molecule has 0 aromatic carbocycles. The van der Waals surface area contributed by atoms with Crippen molar-refractivity contribution < 1.29 is 4.42 Å². The maximum atomic E-state index is 5.51. The van der Waals surface area contributed by atoms with Crippen molar-refractivity contribution in [1.29, 1.82) is 0 Å². The van der Waals surface area contributed by atoms with Crippen molar-refractivity contribution in [3.63, 3.8) is 0 Å². The van der Waals surface area contributed by atoms with Gasteiger partial charge in [0.1, 0.15) is 5.76 Å². The molecule has 1 heterocycles. The average molecular weight is 223 g/mol. The Hall–Kier alpha value is 0.0500. The van der Waals surface area contributed by atoms with Gasteiger partial charge in [0, 0.05) is 12.3 Å². The number of halogens is 2. The molecule has 1 rings (SSSR count). The largest absolute Gasteiger partial charge is 0.468 e. The first-order chi connectivity index (χ1) is 4.84. The van der Waals surface area contributed by atoms with E-state index in [0.717, 1.165) is 23.1 Å². The van der Waals surface area contributed by atoms with Crippen molar-refractivity contribution in [1.82, 2.24) is 0 Å². The van der Waals surface area contributed by atoms with Crippen LogP contribution in [0.5, 0.6) is 0 Å². The quantitative estimate of drug-likeness (QED) is 0.717. The van der Waals surface area contributed by atoms with E-state index >= 15 is 0 Å². The first-order valence-corrected chi connectivity index (χ1v) is 4.45. The molecule has 0 bridgehead atoms. The lowest BCUT2D eigenvalue weighted by atomic mass is 10.3. The van der Waals surface area contributed by atoms with Gasteiger partial charge in [-0.1, -0.05) is 0 Å². The number of furan rings is 1. The van der Waals surface area contributed by atoms with Crippen molar-refractivity contribution in [2.24, 2.45) is 0 Å². The van der Waals surface area contributed by atoms with Crippen LogP contribution in [0, 0.1) is 0 Å². The molecule has 0 N–H and O–H groups in total. The van der Waals surface area contributed by atoms with Crippen LogP contribution < -0.4 is 0 Å². The van der Waals surface area contributed by atoms with Gasteiger partial charge in [0.05, 0.1) is 10.7 Å². The minimum absolute atomic E-state index is 0.688. The average Bonchev–Trinajstić information content (AvgIpc) is 2.31. The number of aryl methyl sites for hydroxylation is 1. The molecule has 0 saturated carbocycles. The fraction of sp³-hybridized carbons (Fsp3) is 0.429. The van der Waals surface area contributed by atoms with Crippen LogP contribution in [-0.4, -0.2) is 5.88 Å². The highest BCUT2D eigenvalue weighted by Gasteiger charge is 2.00. The van der Waals surface area contributed by atoms with Crippen LogP contribution in [0.1, 0.15) is 12.2 Å². The summed E-state index contributed by atoms with van der Waals surface area (Å²) in [5.74, 6) is 1.67. The zero-order valence-electron chi connectivity index (χ0n) is 5.44. The third kappa shape index (κ3) is 2.03. The molecule has 0 aliphatic rings. The molecule has 1 aromatic rings. The van der Waals surface area contributed by atoms with Crippen molar-refractivity contribution in [3.8, 4) is 0 Å². The van der Waals surface area contributed by atoms with Crippen molar-refractivity contribution >= 4 is 27.5 Å². The van der Waals surface area contributed by atoms with E-state index in [0.29, 0.717) is 5.88 Å². The summed E-state index contributed by atoms with van der Waals surface area (Å²) in [5.41, 5.74) is 0. The molecule has 0 amide bonds. The highest BCUT2D eigenvalue weighted by molar-refractivity contribution is 9.10. The van der Waals surface area contributed by atoms with E-state index in [2.05, 4.69) is 15.9 Å². The maximum absolute atomic E-state index is 5.51. The Balaban J connectivity index is 2.49. The molecule has 3 heteroatoms. The van der Waals surface area contributed by atoms with Gasteiger partial charge in [0.2, 0.25) is 0 Å². The number of hydrogen-bond acceptors (Lipinski definition) is 1. The van der Waals surface area contributed by atoms with E-state index in [1.54, 1.807) is 6.26 Å². The van der Waals surface area contributed by atoms with E-state index in [4.69, 9.17) is 16.0 Å². The van der Waals surface area contributed by atoms with E-state index in [1.165, 1.54) is 0 Å². The van der Waals surface area contributed by atoms with Crippen LogP contribution >= 0.6 is 27.5 Å². The Morgan fingerprint density at radius 3 is 2.90 bits per heavy atom. The van der Waals surface area contributed by atoms with Gasteiger partial charge < -0.3 is 4.42 Å². The van der Waals surface area contributed by atoms with Crippen LogP contribution in [0.3, 0.4) is 0 Å². The zero-order valence-corrected chi connectivity index (χ0v) is 7.78. The van der Waals surface area contributed by atoms with Gasteiger partial charge in [-0.25, -0.2) is 0 Å². The molecule has 0 atom stereocenters. The minimum atomic E-state index is 0.688. The first-order valence-electron chi connectivity index (χ1n) is 3.12. The van der Waals surface area contributed by atoms with Gasteiger partial charge in [0.25, 0.3) is 0 Å². The van der Waals surface area contributed by atoms with Crippen LogP contribution in [0.25, 0.3) is 0 Å². The number of alkyl halides is 1. The number of rotatable bonds is 3. The van der Waals surface area contributed by atoms with Gasteiger partial charge >= 0.3 is 0 Å². The highest BCUT2D eigenvalue weighted by Crippen LogP contribution is 2.18. The molecule has 0 spiro atoms. The standard InChI is InChI=1S/C7H8BrClO/c8-6-3-5-10-7(6)2-1-4-9/h3,5H,1-2,4H2. The SMILES string of the molecule is ClCCCc1occc1Br. The molecular weight excluding hydrogens is 215 g/mol. The summed E-state index contributed by atoms with van der Waals surface area (Å²) < 4.78 is 6.20. The Morgan fingerprint density at radius 2 is 2.40 bits per heavy atom. The lowest BCUT2D eigenvalue weighted by molar-refractivity contribution is 0.504. The van der Waals surface area contributed by atoms with Crippen LogP contribution in [0.2, 0.25) is 0 Å². The summed E-state index contributed by atoms with van der Waals surface area (Å²) in [5, 5.41) is 0. The number of hydrogen-bond donors (Lipinski definition) is 0. The monoisotopic (exact) mass is 222 g/mol. The Bertz CT molecular complexity index is 197. The van der Waals surface area contributed by atoms with Crippen molar-refractivity contribution in [2.75, 3.05) is 5.88 Å². The Morgan fingerprint density at radius 1 is 1.60 bits per heavy atom. The fourth-order valence-electron chi connectivity index (χ4n) is 0.731. The smallest absolute Gasteiger partial charge is 0.117 e. The molecule has 0 radical (unpaired) electrons. The van der Waals surface area contributed by atoms with Gasteiger partial charge in [-0.3, -0.25) is 0 Å². The van der Waals surface area contributed by atoms with Crippen molar-refractivity contribution in [2.45, 2.75) is 12.8 Å². The molecule has 56 valence electrons. The maximum Gasteiger partial charge on any atom is 0.117 e. The molecular formula is C7H8BrClO. The summed E-state index contributed by atoms with van der Waals surface area (Å²) in [6.45, 7) is 0. The summed E-state index contributed by atoms with van der Waals surface area (Å²) in [6.07, 6.45) is 3.55. The lowest BCUT2D eigenvalue weighted by Crippen LogP contribution is -1.82. The van der Waals surface area contributed by atoms with Gasteiger partial charge in [-0.2, -0.15) is 0 Å². The van der Waals surface area contributed by atoms with E-state index in [-0.39, 0.29) is 0 Å². The van der Waals surface area contributed by atoms with Crippen LogP contribution in [0.15, 0.2) is 21.2 Å². The summed E-state index contributed by atoms with van der Waals surface area (Å²) in [7, 11) is 0. The second-order valence-electron chi connectivity index (χ2n) is 1.98. The highest BCUT2D eigenvalue weighted by atomic mass is 79.9. The predicted molar refractivity (Wildman–Crippen MR) is 45.4 cm³/mol.